The summed E-state index contributed by atoms with van der Waals surface area (Å²) in [5.41, 5.74) is 1.89. The average Bonchev–Trinajstić information content (AvgIpc) is 3.19. The highest BCUT2D eigenvalue weighted by Crippen LogP contribution is 2.24. The van der Waals surface area contributed by atoms with E-state index in [1.54, 1.807) is 0 Å². The molecule has 1 heterocycles. The summed E-state index contributed by atoms with van der Waals surface area (Å²) in [5.74, 6) is 1.74. The Kier molecular flexibility index (Phi) is 6.52. The highest BCUT2D eigenvalue weighted by Gasteiger charge is 2.14. The number of carbonyl (C=O) groups is 1. The zero-order chi connectivity index (χ0) is 21.6. The van der Waals surface area contributed by atoms with Crippen LogP contribution < -0.4 is 10.1 Å². The van der Waals surface area contributed by atoms with E-state index in [-0.39, 0.29) is 11.7 Å². The number of nitrogens with one attached hydrogen (secondary N) is 1. The first-order valence-electron chi connectivity index (χ1n) is 10.2. The summed E-state index contributed by atoms with van der Waals surface area (Å²) in [7, 11) is 0. The molecule has 0 aliphatic heterocycles. The number of carbonyl (C=O) groups excluding carboxylic acids is 1. The van der Waals surface area contributed by atoms with E-state index in [0.717, 1.165) is 33.6 Å². The molecule has 0 fully saturated rings. The number of aryl methyl sites for hydroxylation is 1. The third-order valence-corrected chi connectivity index (χ3v) is 5.92. The normalized spacial score (nSPS) is 10.9. The predicted octanol–water partition coefficient (Wildman–Crippen LogP) is 5.07. The van der Waals surface area contributed by atoms with Crippen molar-refractivity contribution in [2.75, 3.05) is 11.1 Å². The number of amides is 1. The van der Waals surface area contributed by atoms with Gasteiger partial charge in [0.05, 0.1) is 5.75 Å². The number of hydrogen-bond donors (Lipinski definition) is 1. The monoisotopic (exact) mass is 432 g/mol. The fraction of sp³-hybridized carbons (Fsp3) is 0.208. The van der Waals surface area contributed by atoms with Crippen LogP contribution >= 0.6 is 11.8 Å². The topological polar surface area (TPSA) is 69.0 Å². The van der Waals surface area contributed by atoms with E-state index in [4.69, 9.17) is 4.74 Å². The molecule has 7 heteroatoms. The molecule has 0 aliphatic rings. The number of anilines is 1. The summed E-state index contributed by atoms with van der Waals surface area (Å²) in [4.78, 5) is 12.6. The zero-order valence-electron chi connectivity index (χ0n) is 17.5. The third kappa shape index (κ3) is 4.88. The van der Waals surface area contributed by atoms with Crippen molar-refractivity contribution >= 4 is 34.1 Å². The number of nitrogens with zero attached hydrogens (tertiary/aromatic N) is 3. The fourth-order valence-corrected chi connectivity index (χ4v) is 4.18. The lowest BCUT2D eigenvalue weighted by Crippen LogP contribution is -2.15. The molecule has 3 aromatic carbocycles. The SMILES string of the molecule is CCn1c(COc2ccccc2C)nnc1SCC(=O)Nc1cccc2ccccc12. The molecule has 0 bridgehead atoms. The van der Waals surface area contributed by atoms with Gasteiger partial charge in [-0.1, -0.05) is 66.4 Å². The van der Waals surface area contributed by atoms with Crippen molar-refractivity contribution in [3.63, 3.8) is 0 Å². The van der Waals surface area contributed by atoms with Crippen LogP contribution in [0, 0.1) is 6.92 Å². The van der Waals surface area contributed by atoms with Gasteiger partial charge in [-0.3, -0.25) is 4.79 Å². The van der Waals surface area contributed by atoms with Crippen LogP contribution in [0.4, 0.5) is 5.69 Å². The Labute approximate surface area is 185 Å². The van der Waals surface area contributed by atoms with E-state index < -0.39 is 0 Å². The predicted molar refractivity (Wildman–Crippen MR) is 125 cm³/mol. The molecule has 0 spiro atoms. The van der Waals surface area contributed by atoms with Crippen LogP contribution in [0.1, 0.15) is 18.3 Å². The molecule has 0 saturated carbocycles. The van der Waals surface area contributed by atoms with Gasteiger partial charge in [-0.25, -0.2) is 0 Å². The number of ether oxygens (including phenoxy) is 1. The lowest BCUT2D eigenvalue weighted by Gasteiger charge is -2.11. The number of thioether (sulfide) groups is 1. The zero-order valence-corrected chi connectivity index (χ0v) is 18.4. The minimum atomic E-state index is -0.0790. The van der Waals surface area contributed by atoms with Crippen LogP contribution in [0.15, 0.2) is 71.9 Å². The van der Waals surface area contributed by atoms with Crippen molar-refractivity contribution < 1.29 is 9.53 Å². The number of rotatable bonds is 8. The first-order valence-corrected chi connectivity index (χ1v) is 11.1. The van der Waals surface area contributed by atoms with E-state index in [0.29, 0.717) is 18.3 Å². The maximum Gasteiger partial charge on any atom is 0.234 e. The Morgan fingerprint density at radius 2 is 1.81 bits per heavy atom. The minimum Gasteiger partial charge on any atom is -0.485 e. The Balaban J connectivity index is 1.39. The Morgan fingerprint density at radius 1 is 1.03 bits per heavy atom. The molecule has 1 N–H and O–H groups in total. The lowest BCUT2D eigenvalue weighted by molar-refractivity contribution is -0.113. The van der Waals surface area contributed by atoms with Crippen LogP contribution in [-0.2, 0) is 17.9 Å². The van der Waals surface area contributed by atoms with Crippen LogP contribution in [-0.4, -0.2) is 26.4 Å². The van der Waals surface area contributed by atoms with Gasteiger partial charge in [0.1, 0.15) is 12.4 Å². The van der Waals surface area contributed by atoms with Crippen molar-refractivity contribution in [3.8, 4) is 5.75 Å². The second-order valence-electron chi connectivity index (χ2n) is 7.06. The van der Waals surface area contributed by atoms with Gasteiger partial charge in [0.15, 0.2) is 11.0 Å². The number of aromatic nitrogens is 3. The molecule has 0 atom stereocenters. The summed E-state index contributed by atoms with van der Waals surface area (Å²) in [6.45, 7) is 5.07. The fourth-order valence-electron chi connectivity index (χ4n) is 3.36. The first-order chi connectivity index (χ1) is 15.2. The highest BCUT2D eigenvalue weighted by molar-refractivity contribution is 7.99. The second-order valence-corrected chi connectivity index (χ2v) is 8.00. The number of hydrogen-bond acceptors (Lipinski definition) is 5. The smallest absolute Gasteiger partial charge is 0.234 e. The Bertz CT molecular complexity index is 1200. The van der Waals surface area contributed by atoms with Crippen molar-refractivity contribution in [2.24, 2.45) is 0 Å². The van der Waals surface area contributed by atoms with Gasteiger partial charge in [-0.05, 0) is 36.9 Å². The van der Waals surface area contributed by atoms with Gasteiger partial charge in [0.2, 0.25) is 5.91 Å². The van der Waals surface area contributed by atoms with Crippen LogP contribution in [0.2, 0.25) is 0 Å². The molecule has 4 aromatic rings. The number of benzene rings is 3. The lowest BCUT2D eigenvalue weighted by atomic mass is 10.1. The van der Waals surface area contributed by atoms with Crippen molar-refractivity contribution in [1.82, 2.24) is 14.8 Å². The highest BCUT2D eigenvalue weighted by atomic mass is 32.2. The standard InChI is InChI=1S/C24H24N4O2S/c1-3-28-22(15-30-21-14-7-4-9-17(21)2)26-27-24(28)31-16-23(29)25-20-13-8-11-18-10-5-6-12-19(18)20/h4-14H,3,15-16H2,1-2H3,(H,25,29). The molecule has 0 saturated heterocycles. The van der Waals surface area contributed by atoms with Gasteiger partial charge in [0, 0.05) is 17.6 Å². The van der Waals surface area contributed by atoms with E-state index in [1.807, 2.05) is 85.1 Å². The summed E-state index contributed by atoms with van der Waals surface area (Å²) in [6, 6.07) is 21.8. The molecular weight excluding hydrogens is 408 g/mol. The van der Waals surface area contributed by atoms with Gasteiger partial charge >= 0.3 is 0 Å². The molecule has 158 valence electrons. The summed E-state index contributed by atoms with van der Waals surface area (Å²) >= 11 is 1.37. The molecule has 0 unspecified atom stereocenters. The van der Waals surface area contributed by atoms with E-state index >= 15 is 0 Å². The Morgan fingerprint density at radius 3 is 2.65 bits per heavy atom. The minimum absolute atomic E-state index is 0.0790. The molecule has 6 nitrogen and oxygen atoms in total. The van der Waals surface area contributed by atoms with Crippen LogP contribution in [0.25, 0.3) is 10.8 Å². The Hall–Kier alpha value is -3.32. The quantitative estimate of drug-likeness (QED) is 0.394. The number of fused-ring (bicyclic) bond motifs is 1. The average molecular weight is 433 g/mol. The first kappa shape index (κ1) is 20.9. The van der Waals surface area contributed by atoms with E-state index in [1.165, 1.54) is 11.8 Å². The summed E-state index contributed by atoms with van der Waals surface area (Å²) < 4.78 is 7.89. The molecule has 0 aliphatic carbocycles. The number of para-hydroxylation sites is 1. The van der Waals surface area contributed by atoms with Gasteiger partial charge in [-0.2, -0.15) is 0 Å². The van der Waals surface area contributed by atoms with E-state index in [2.05, 4.69) is 15.5 Å². The summed E-state index contributed by atoms with van der Waals surface area (Å²) in [6.07, 6.45) is 0. The molecule has 0 radical (unpaired) electrons. The van der Waals surface area contributed by atoms with Crippen molar-refractivity contribution in [2.45, 2.75) is 32.2 Å². The van der Waals surface area contributed by atoms with E-state index in [9.17, 15) is 4.79 Å². The van der Waals surface area contributed by atoms with Gasteiger partial charge in [0.25, 0.3) is 0 Å². The summed E-state index contributed by atoms with van der Waals surface area (Å²) in [5, 5.41) is 14.4. The molecule has 1 amide bonds. The van der Waals surface area contributed by atoms with Gasteiger partial charge < -0.3 is 14.6 Å². The van der Waals surface area contributed by atoms with Crippen LogP contribution in [0.3, 0.4) is 0 Å². The maximum atomic E-state index is 12.6. The second kappa shape index (κ2) is 9.66. The molecular formula is C24H24N4O2S. The van der Waals surface area contributed by atoms with Crippen molar-refractivity contribution in [3.05, 3.63) is 78.1 Å². The van der Waals surface area contributed by atoms with Gasteiger partial charge in [-0.15, -0.1) is 10.2 Å². The van der Waals surface area contributed by atoms with Crippen LogP contribution in [0.5, 0.6) is 5.75 Å². The molecule has 31 heavy (non-hydrogen) atoms. The largest absolute Gasteiger partial charge is 0.485 e. The molecule has 1 aromatic heterocycles. The third-order valence-electron chi connectivity index (χ3n) is 4.96. The molecule has 4 rings (SSSR count). The maximum absolute atomic E-state index is 12.6. The van der Waals surface area contributed by atoms with Crippen molar-refractivity contribution in [1.29, 1.82) is 0 Å².